The van der Waals surface area contributed by atoms with E-state index in [2.05, 4.69) is 15.2 Å². The number of ether oxygens (including phenoxy) is 2. The standard InChI is InChI=1S/C19H28FN3O3.HI/c1-4-25-18(24)15-9-11-23(12-10-15)19(21-3)22-13-14(2)26-17-7-5-16(20)6-8-17;/h5-8,14-15H,4,9-13H2,1-3H3,(H,21,22);1H. The first kappa shape index (κ1) is 23.5. The van der Waals surface area contributed by atoms with Crippen LogP contribution in [-0.2, 0) is 9.53 Å². The summed E-state index contributed by atoms with van der Waals surface area (Å²) in [4.78, 5) is 18.3. The number of carbonyl (C=O) groups excluding carboxylic acids is 1. The molecule has 1 aliphatic heterocycles. The Labute approximate surface area is 177 Å². The molecule has 27 heavy (non-hydrogen) atoms. The minimum atomic E-state index is -0.283. The largest absolute Gasteiger partial charge is 0.489 e. The van der Waals surface area contributed by atoms with Gasteiger partial charge in [0.05, 0.1) is 19.1 Å². The average molecular weight is 493 g/mol. The summed E-state index contributed by atoms with van der Waals surface area (Å²) in [5.74, 6) is 1.02. The van der Waals surface area contributed by atoms with Gasteiger partial charge in [-0.05, 0) is 51.0 Å². The number of esters is 1. The zero-order chi connectivity index (χ0) is 18.9. The molecule has 1 aromatic carbocycles. The molecule has 0 aliphatic carbocycles. The van der Waals surface area contributed by atoms with Gasteiger partial charge in [0.1, 0.15) is 17.7 Å². The van der Waals surface area contributed by atoms with Crippen molar-refractivity contribution in [2.24, 2.45) is 10.9 Å². The summed E-state index contributed by atoms with van der Waals surface area (Å²) >= 11 is 0. The Bertz CT molecular complexity index is 605. The number of halogens is 2. The Morgan fingerprint density at radius 1 is 1.33 bits per heavy atom. The summed E-state index contributed by atoms with van der Waals surface area (Å²) in [5.41, 5.74) is 0. The summed E-state index contributed by atoms with van der Waals surface area (Å²) < 4.78 is 23.8. The van der Waals surface area contributed by atoms with Crippen LogP contribution in [0.4, 0.5) is 4.39 Å². The van der Waals surface area contributed by atoms with E-state index >= 15 is 0 Å². The zero-order valence-electron chi connectivity index (χ0n) is 16.1. The number of hydrogen-bond donors (Lipinski definition) is 1. The van der Waals surface area contributed by atoms with E-state index in [0.717, 1.165) is 31.9 Å². The first-order chi connectivity index (χ1) is 12.5. The molecule has 1 N–H and O–H groups in total. The van der Waals surface area contributed by atoms with Gasteiger partial charge < -0.3 is 19.7 Å². The molecule has 6 nitrogen and oxygen atoms in total. The van der Waals surface area contributed by atoms with Crippen LogP contribution in [0.3, 0.4) is 0 Å². The van der Waals surface area contributed by atoms with Gasteiger partial charge in [-0.1, -0.05) is 0 Å². The van der Waals surface area contributed by atoms with Crippen molar-refractivity contribution in [1.82, 2.24) is 10.2 Å². The molecule has 2 rings (SSSR count). The van der Waals surface area contributed by atoms with E-state index in [1.807, 2.05) is 13.8 Å². The van der Waals surface area contributed by atoms with Crippen molar-refractivity contribution in [3.05, 3.63) is 30.1 Å². The van der Waals surface area contributed by atoms with Crippen LogP contribution in [0.5, 0.6) is 5.75 Å². The zero-order valence-corrected chi connectivity index (χ0v) is 18.4. The second-order valence-corrected chi connectivity index (χ2v) is 6.32. The first-order valence-electron chi connectivity index (χ1n) is 9.08. The lowest BCUT2D eigenvalue weighted by atomic mass is 9.97. The molecule has 0 amide bonds. The van der Waals surface area contributed by atoms with Crippen LogP contribution in [-0.4, -0.2) is 56.2 Å². The maximum absolute atomic E-state index is 12.9. The first-order valence-corrected chi connectivity index (χ1v) is 9.08. The van der Waals surface area contributed by atoms with Gasteiger partial charge in [0, 0.05) is 20.1 Å². The molecule has 1 aliphatic rings. The maximum Gasteiger partial charge on any atom is 0.309 e. The van der Waals surface area contributed by atoms with Gasteiger partial charge in [0.15, 0.2) is 5.96 Å². The predicted molar refractivity (Wildman–Crippen MR) is 114 cm³/mol. The molecule has 1 heterocycles. The predicted octanol–water partition coefficient (Wildman–Crippen LogP) is 3.06. The molecule has 0 radical (unpaired) electrons. The Kier molecular flexibility index (Phi) is 10.4. The summed E-state index contributed by atoms with van der Waals surface area (Å²) in [6, 6.07) is 5.98. The van der Waals surface area contributed by atoms with Crippen molar-refractivity contribution in [2.45, 2.75) is 32.8 Å². The minimum absolute atomic E-state index is 0. The third-order valence-electron chi connectivity index (χ3n) is 4.32. The van der Waals surface area contributed by atoms with Crippen molar-refractivity contribution in [1.29, 1.82) is 0 Å². The van der Waals surface area contributed by atoms with E-state index in [1.165, 1.54) is 12.1 Å². The lowest BCUT2D eigenvalue weighted by Crippen LogP contribution is -2.48. The summed E-state index contributed by atoms with van der Waals surface area (Å²) in [6.07, 6.45) is 1.43. The van der Waals surface area contributed by atoms with Crippen molar-refractivity contribution in [3.63, 3.8) is 0 Å². The second kappa shape index (κ2) is 12.0. The number of piperidine rings is 1. The smallest absolute Gasteiger partial charge is 0.309 e. The van der Waals surface area contributed by atoms with E-state index in [4.69, 9.17) is 9.47 Å². The third-order valence-corrected chi connectivity index (χ3v) is 4.32. The lowest BCUT2D eigenvalue weighted by molar-refractivity contribution is -0.149. The highest BCUT2D eigenvalue weighted by Gasteiger charge is 2.27. The van der Waals surface area contributed by atoms with Gasteiger partial charge in [-0.3, -0.25) is 9.79 Å². The van der Waals surface area contributed by atoms with Gasteiger partial charge in [0.25, 0.3) is 0 Å². The monoisotopic (exact) mass is 493 g/mol. The fraction of sp³-hybridized carbons (Fsp3) is 0.579. The van der Waals surface area contributed by atoms with E-state index in [9.17, 15) is 9.18 Å². The molecule has 8 heteroatoms. The third kappa shape index (κ3) is 7.51. The highest BCUT2D eigenvalue weighted by molar-refractivity contribution is 14.0. The number of benzene rings is 1. The van der Waals surface area contributed by atoms with E-state index in [0.29, 0.717) is 18.9 Å². The van der Waals surface area contributed by atoms with Crippen molar-refractivity contribution >= 4 is 35.9 Å². The quantitative estimate of drug-likeness (QED) is 0.286. The fourth-order valence-corrected chi connectivity index (χ4v) is 2.94. The Hall–Kier alpha value is -1.58. The number of nitrogens with one attached hydrogen (secondary N) is 1. The van der Waals surface area contributed by atoms with Crippen LogP contribution < -0.4 is 10.1 Å². The number of guanidine groups is 1. The van der Waals surface area contributed by atoms with Crippen LogP contribution in [0.1, 0.15) is 26.7 Å². The summed E-state index contributed by atoms with van der Waals surface area (Å²) in [6.45, 7) is 6.29. The van der Waals surface area contributed by atoms with Crippen LogP contribution in [0.25, 0.3) is 0 Å². The Morgan fingerprint density at radius 2 is 1.96 bits per heavy atom. The summed E-state index contributed by atoms with van der Waals surface area (Å²) in [5, 5.41) is 3.30. The molecule has 1 unspecified atom stereocenters. The van der Waals surface area contributed by atoms with Crippen molar-refractivity contribution < 1.29 is 18.7 Å². The molecule has 1 atom stereocenters. The normalized spacial score (nSPS) is 16.3. The molecule has 0 spiro atoms. The number of likely N-dealkylation sites (tertiary alicyclic amines) is 1. The topological polar surface area (TPSA) is 63.2 Å². The minimum Gasteiger partial charge on any atom is -0.489 e. The van der Waals surface area contributed by atoms with Crippen LogP contribution >= 0.6 is 24.0 Å². The van der Waals surface area contributed by atoms with E-state index in [-0.39, 0.29) is 47.8 Å². The van der Waals surface area contributed by atoms with E-state index < -0.39 is 0 Å². The van der Waals surface area contributed by atoms with Crippen molar-refractivity contribution in [3.8, 4) is 5.75 Å². The van der Waals surface area contributed by atoms with Gasteiger partial charge in [-0.25, -0.2) is 4.39 Å². The SMILES string of the molecule is CCOC(=O)C1CCN(C(=NC)NCC(C)Oc2ccc(F)cc2)CC1.I. The van der Waals surface area contributed by atoms with E-state index in [1.54, 1.807) is 19.2 Å². The van der Waals surface area contributed by atoms with Gasteiger partial charge in [-0.15, -0.1) is 24.0 Å². The van der Waals surface area contributed by atoms with Gasteiger partial charge in [0.2, 0.25) is 0 Å². The number of hydrogen-bond acceptors (Lipinski definition) is 4. The number of aliphatic imine (C=N–C) groups is 1. The molecule has 0 saturated carbocycles. The fourth-order valence-electron chi connectivity index (χ4n) is 2.94. The number of rotatable bonds is 6. The molecular formula is C19H29FIN3O3. The van der Waals surface area contributed by atoms with Crippen LogP contribution in [0, 0.1) is 11.7 Å². The Morgan fingerprint density at radius 3 is 2.52 bits per heavy atom. The average Bonchev–Trinajstić information content (AvgIpc) is 2.65. The van der Waals surface area contributed by atoms with Crippen LogP contribution in [0.2, 0.25) is 0 Å². The lowest BCUT2D eigenvalue weighted by Gasteiger charge is -2.33. The number of carbonyl (C=O) groups is 1. The highest BCUT2D eigenvalue weighted by atomic mass is 127. The van der Waals surface area contributed by atoms with Crippen molar-refractivity contribution in [2.75, 3.05) is 33.3 Å². The van der Waals surface area contributed by atoms with Crippen LogP contribution in [0.15, 0.2) is 29.3 Å². The molecule has 1 aromatic rings. The summed E-state index contributed by atoms with van der Waals surface area (Å²) in [7, 11) is 1.74. The molecule has 152 valence electrons. The second-order valence-electron chi connectivity index (χ2n) is 6.32. The Balaban J connectivity index is 0.00000364. The molecule has 0 aromatic heterocycles. The molecular weight excluding hydrogens is 464 g/mol. The molecule has 0 bridgehead atoms. The van der Waals surface area contributed by atoms with Gasteiger partial charge in [-0.2, -0.15) is 0 Å². The number of nitrogens with zero attached hydrogens (tertiary/aromatic N) is 2. The highest BCUT2D eigenvalue weighted by Crippen LogP contribution is 2.19. The molecule has 1 saturated heterocycles. The molecule has 1 fully saturated rings. The van der Waals surface area contributed by atoms with Gasteiger partial charge >= 0.3 is 5.97 Å². The maximum atomic E-state index is 12.9.